The quantitative estimate of drug-likeness (QED) is 0.367. The fraction of sp³-hybridized carbons (Fsp3) is 0.400. The second-order valence-electron chi connectivity index (χ2n) is 10.7. The summed E-state index contributed by atoms with van der Waals surface area (Å²) in [6.45, 7) is 7.21. The Morgan fingerprint density at radius 1 is 1.07 bits per heavy atom. The molecule has 2 aromatic heterocycles. The number of likely N-dealkylation sites (tertiary alicyclic amines) is 1. The van der Waals surface area contributed by atoms with E-state index in [9.17, 15) is 13.6 Å². The van der Waals surface area contributed by atoms with E-state index < -0.39 is 23.6 Å². The maximum Gasteiger partial charge on any atom is 0.251 e. The Bertz CT molecular complexity index is 1620. The number of anilines is 1. The SMILES string of the molecule is N#CCOc1ccc(-c2cnc3c(NC4=CC=C(C(=O)N5CCN(CCN6CCC6)CC5)C(Cl)C4)nccn23)c(F)c1F. The monoisotopic (exact) mass is 608 g/mol. The van der Waals surface area contributed by atoms with Gasteiger partial charge in [-0.05, 0) is 37.7 Å². The van der Waals surface area contributed by atoms with Gasteiger partial charge in [0.25, 0.3) is 5.91 Å². The number of halogens is 3. The normalized spacial score (nSPS) is 19.4. The largest absolute Gasteiger partial charge is 0.476 e. The van der Waals surface area contributed by atoms with Crippen LogP contribution in [0.2, 0.25) is 0 Å². The molecule has 13 heteroatoms. The van der Waals surface area contributed by atoms with Crippen molar-refractivity contribution in [3.05, 3.63) is 65.8 Å². The van der Waals surface area contributed by atoms with Crippen LogP contribution in [0.3, 0.4) is 0 Å². The molecule has 0 saturated carbocycles. The van der Waals surface area contributed by atoms with E-state index in [2.05, 4.69) is 25.1 Å². The fourth-order valence-corrected chi connectivity index (χ4v) is 5.85. The van der Waals surface area contributed by atoms with Gasteiger partial charge in [0, 0.05) is 74.9 Å². The highest BCUT2D eigenvalue weighted by molar-refractivity contribution is 6.26. The number of ether oxygens (including phenoxy) is 1. The van der Waals surface area contributed by atoms with Crippen molar-refractivity contribution in [1.82, 2.24) is 29.1 Å². The summed E-state index contributed by atoms with van der Waals surface area (Å²) in [6, 6.07) is 4.38. The van der Waals surface area contributed by atoms with Crippen LogP contribution in [0, 0.1) is 23.0 Å². The summed E-state index contributed by atoms with van der Waals surface area (Å²) in [5.74, 6) is -2.27. The average molecular weight is 609 g/mol. The van der Waals surface area contributed by atoms with E-state index in [1.165, 1.54) is 44.0 Å². The molecule has 4 heterocycles. The van der Waals surface area contributed by atoms with Crippen LogP contribution >= 0.6 is 11.6 Å². The summed E-state index contributed by atoms with van der Waals surface area (Å²) in [6.07, 6.45) is 9.80. The van der Waals surface area contributed by atoms with Crippen molar-refractivity contribution < 1.29 is 18.3 Å². The third-order valence-electron chi connectivity index (χ3n) is 8.11. The minimum atomic E-state index is -1.18. The number of piperazine rings is 1. The molecule has 1 amide bonds. The molecule has 3 aliphatic rings. The molecule has 0 radical (unpaired) electrons. The lowest BCUT2D eigenvalue weighted by atomic mass is 10.00. The van der Waals surface area contributed by atoms with Crippen LogP contribution < -0.4 is 10.1 Å². The number of benzene rings is 1. The topological polar surface area (TPSA) is 102 Å². The lowest BCUT2D eigenvalue weighted by Gasteiger charge is -2.38. The van der Waals surface area contributed by atoms with E-state index in [4.69, 9.17) is 21.6 Å². The maximum atomic E-state index is 15.0. The zero-order chi connectivity index (χ0) is 29.9. The number of alkyl halides is 1. The maximum absolute atomic E-state index is 15.0. The Morgan fingerprint density at radius 3 is 2.53 bits per heavy atom. The number of aromatic nitrogens is 3. The van der Waals surface area contributed by atoms with Gasteiger partial charge in [-0.2, -0.15) is 9.65 Å². The smallest absolute Gasteiger partial charge is 0.251 e. The number of rotatable bonds is 9. The van der Waals surface area contributed by atoms with Gasteiger partial charge in [0.15, 0.2) is 29.6 Å². The molecule has 1 aliphatic carbocycles. The average Bonchev–Trinajstić information content (AvgIpc) is 3.42. The van der Waals surface area contributed by atoms with E-state index in [1.807, 2.05) is 11.0 Å². The summed E-state index contributed by atoms with van der Waals surface area (Å²) >= 11 is 6.71. The summed E-state index contributed by atoms with van der Waals surface area (Å²) in [7, 11) is 0. The summed E-state index contributed by atoms with van der Waals surface area (Å²) in [5, 5.41) is 11.4. The summed E-state index contributed by atoms with van der Waals surface area (Å²) in [4.78, 5) is 28.8. The molecule has 0 bridgehead atoms. The molecule has 1 aromatic carbocycles. The van der Waals surface area contributed by atoms with E-state index >= 15 is 0 Å². The Labute approximate surface area is 252 Å². The highest BCUT2D eigenvalue weighted by Gasteiger charge is 2.29. The highest BCUT2D eigenvalue weighted by Crippen LogP contribution is 2.32. The number of carbonyl (C=O) groups is 1. The zero-order valence-electron chi connectivity index (χ0n) is 23.5. The number of fused-ring (bicyclic) bond motifs is 1. The van der Waals surface area contributed by atoms with Gasteiger partial charge < -0.3 is 19.9 Å². The number of nitrogens with one attached hydrogen (secondary N) is 1. The van der Waals surface area contributed by atoms with Crippen molar-refractivity contribution in [2.24, 2.45) is 0 Å². The van der Waals surface area contributed by atoms with Crippen LogP contribution in [0.25, 0.3) is 16.9 Å². The van der Waals surface area contributed by atoms with Gasteiger partial charge in [0.2, 0.25) is 5.82 Å². The second kappa shape index (κ2) is 12.7. The van der Waals surface area contributed by atoms with Gasteiger partial charge in [-0.3, -0.25) is 14.1 Å². The molecule has 1 atom stereocenters. The van der Waals surface area contributed by atoms with Gasteiger partial charge in [0.1, 0.15) is 6.07 Å². The van der Waals surface area contributed by atoms with Gasteiger partial charge in [-0.1, -0.05) is 6.08 Å². The van der Waals surface area contributed by atoms with Crippen molar-refractivity contribution in [1.29, 1.82) is 5.26 Å². The third-order valence-corrected chi connectivity index (χ3v) is 8.50. The van der Waals surface area contributed by atoms with Crippen molar-refractivity contribution in [3.63, 3.8) is 0 Å². The number of nitriles is 1. The summed E-state index contributed by atoms with van der Waals surface area (Å²) < 4.78 is 36.1. The van der Waals surface area contributed by atoms with Crippen molar-refractivity contribution in [2.45, 2.75) is 18.2 Å². The molecule has 1 N–H and O–H groups in total. The molecule has 10 nitrogen and oxygen atoms in total. The number of carbonyl (C=O) groups excluding carboxylic acids is 1. The summed E-state index contributed by atoms with van der Waals surface area (Å²) in [5.41, 5.74) is 1.99. The first-order valence-electron chi connectivity index (χ1n) is 14.3. The minimum Gasteiger partial charge on any atom is -0.476 e. The van der Waals surface area contributed by atoms with Crippen LogP contribution in [0.4, 0.5) is 14.6 Å². The van der Waals surface area contributed by atoms with Crippen LogP contribution in [-0.4, -0.2) is 99.3 Å². The number of imidazole rings is 1. The molecule has 224 valence electrons. The zero-order valence-corrected chi connectivity index (χ0v) is 24.2. The molecule has 2 saturated heterocycles. The number of allylic oxidation sites excluding steroid dienone is 3. The Hall–Kier alpha value is -4.05. The predicted octanol–water partition coefficient (Wildman–Crippen LogP) is 3.66. The number of nitrogens with zero attached hydrogens (tertiary/aromatic N) is 7. The fourth-order valence-electron chi connectivity index (χ4n) is 5.52. The van der Waals surface area contributed by atoms with E-state index in [1.54, 1.807) is 22.7 Å². The van der Waals surface area contributed by atoms with E-state index in [0.717, 1.165) is 31.9 Å². The third kappa shape index (κ3) is 6.06. The molecule has 1 unspecified atom stereocenters. The first kappa shape index (κ1) is 29.0. The van der Waals surface area contributed by atoms with E-state index in [0.29, 0.717) is 42.2 Å². The van der Waals surface area contributed by atoms with Crippen LogP contribution in [-0.2, 0) is 4.79 Å². The molecule has 2 fully saturated rings. The molecule has 2 aliphatic heterocycles. The Morgan fingerprint density at radius 2 is 1.84 bits per heavy atom. The van der Waals surface area contributed by atoms with Gasteiger partial charge in [0.05, 0.1) is 17.3 Å². The highest BCUT2D eigenvalue weighted by atomic mass is 35.5. The second-order valence-corrected chi connectivity index (χ2v) is 11.3. The predicted molar refractivity (Wildman–Crippen MR) is 158 cm³/mol. The van der Waals surface area contributed by atoms with Crippen molar-refractivity contribution >= 4 is 29.0 Å². The van der Waals surface area contributed by atoms with Crippen molar-refractivity contribution in [2.75, 3.05) is 64.3 Å². The number of hydrogen-bond acceptors (Lipinski definition) is 8. The van der Waals surface area contributed by atoms with Gasteiger partial charge in [-0.25, -0.2) is 14.4 Å². The molecule has 3 aromatic rings. The lowest BCUT2D eigenvalue weighted by molar-refractivity contribution is -0.129. The molecule has 0 spiro atoms. The minimum absolute atomic E-state index is 0.0211. The lowest BCUT2D eigenvalue weighted by Crippen LogP contribution is -2.52. The molecular formula is C30H31ClF2N8O2. The molecular weight excluding hydrogens is 578 g/mol. The Kier molecular flexibility index (Phi) is 8.56. The standard InChI is InChI=1S/C30H31ClF2N8O2/c31-23-18-20(2-3-21(23)30(42)40-15-13-39(14-16-40)12-11-38-8-1-9-38)37-28-29-36-19-24(41(29)10-7-35-28)22-4-5-25(43-17-6-34)27(33)26(22)32/h2-5,7,10,19,23H,1,8-9,11-18H2,(H,35,37). The first-order chi connectivity index (χ1) is 20.9. The van der Waals surface area contributed by atoms with Gasteiger partial charge >= 0.3 is 0 Å². The molecule has 43 heavy (non-hydrogen) atoms. The Balaban J connectivity index is 1.13. The number of amides is 1. The van der Waals surface area contributed by atoms with Crippen LogP contribution in [0.5, 0.6) is 5.75 Å². The molecule has 6 rings (SSSR count). The van der Waals surface area contributed by atoms with E-state index in [-0.39, 0.29) is 17.2 Å². The van der Waals surface area contributed by atoms with Crippen LogP contribution in [0.1, 0.15) is 12.8 Å². The number of hydrogen-bond donors (Lipinski definition) is 1. The first-order valence-corrected chi connectivity index (χ1v) is 14.7. The van der Waals surface area contributed by atoms with Gasteiger partial charge in [-0.15, -0.1) is 11.6 Å². The van der Waals surface area contributed by atoms with Crippen LogP contribution in [0.15, 0.2) is 54.1 Å². The van der Waals surface area contributed by atoms with Crippen molar-refractivity contribution in [3.8, 4) is 23.1 Å².